The molecule has 9 nitrogen and oxygen atoms in total. The number of nitrogens with zero attached hydrogens (tertiary/aromatic N) is 1. The number of amides is 4. The molecule has 4 rings (SSSR count). The van der Waals surface area contributed by atoms with Crippen molar-refractivity contribution < 1.29 is 33.3 Å². The summed E-state index contributed by atoms with van der Waals surface area (Å²) in [6, 6.07) is 8.64. The van der Waals surface area contributed by atoms with E-state index < -0.39 is 17.8 Å². The quantitative estimate of drug-likeness (QED) is 0.423. The maximum atomic E-state index is 13.1. The van der Waals surface area contributed by atoms with Crippen LogP contribution in [0.5, 0.6) is 23.0 Å². The van der Waals surface area contributed by atoms with Gasteiger partial charge in [-0.15, -0.1) is 6.42 Å². The van der Waals surface area contributed by atoms with Crippen molar-refractivity contribution in [2.45, 2.75) is 6.92 Å². The van der Waals surface area contributed by atoms with Gasteiger partial charge in [0.15, 0.2) is 23.0 Å². The molecule has 1 saturated heterocycles. The first-order chi connectivity index (χ1) is 15.5. The molecule has 2 aromatic rings. The summed E-state index contributed by atoms with van der Waals surface area (Å²) in [7, 11) is 0. The van der Waals surface area contributed by atoms with Crippen molar-refractivity contribution in [3.8, 4) is 35.3 Å². The Kier molecular flexibility index (Phi) is 5.68. The number of carbonyl (C=O) groups excluding carboxylic acids is 3. The highest BCUT2D eigenvalue weighted by Crippen LogP contribution is 2.36. The van der Waals surface area contributed by atoms with Gasteiger partial charge in [0, 0.05) is 6.07 Å². The summed E-state index contributed by atoms with van der Waals surface area (Å²) in [5.41, 5.74) is 0.519. The molecule has 0 radical (unpaired) electrons. The normalized spacial score (nSPS) is 16.1. The Morgan fingerprint density at radius 1 is 1.09 bits per heavy atom. The summed E-state index contributed by atoms with van der Waals surface area (Å²) in [5.74, 6) is 2.54. The number of imide groups is 2. The van der Waals surface area contributed by atoms with E-state index in [2.05, 4.69) is 11.2 Å². The second-order valence-corrected chi connectivity index (χ2v) is 6.63. The minimum absolute atomic E-state index is 0.0474. The van der Waals surface area contributed by atoms with Crippen molar-refractivity contribution in [1.82, 2.24) is 5.32 Å². The summed E-state index contributed by atoms with van der Waals surface area (Å²) in [6.45, 7) is 2.29. The molecular formula is C23H18N2O7. The average molecular weight is 434 g/mol. The van der Waals surface area contributed by atoms with Gasteiger partial charge < -0.3 is 18.9 Å². The Bertz CT molecular complexity index is 1180. The third kappa shape index (κ3) is 3.94. The fourth-order valence-corrected chi connectivity index (χ4v) is 3.20. The monoisotopic (exact) mass is 434 g/mol. The number of urea groups is 1. The van der Waals surface area contributed by atoms with E-state index >= 15 is 0 Å². The number of hydrogen-bond donors (Lipinski definition) is 1. The lowest BCUT2D eigenvalue weighted by Crippen LogP contribution is -2.54. The van der Waals surface area contributed by atoms with Gasteiger partial charge in [-0.2, -0.15) is 0 Å². The molecule has 9 heteroatoms. The lowest BCUT2D eigenvalue weighted by Gasteiger charge is -2.26. The second kappa shape index (κ2) is 8.73. The molecule has 0 saturated carbocycles. The fourth-order valence-electron chi connectivity index (χ4n) is 3.20. The van der Waals surface area contributed by atoms with Gasteiger partial charge in [0.25, 0.3) is 11.8 Å². The SMILES string of the molecule is C#CCOc1ccc(/C=C2\C(=O)NC(=O)N(c3ccc4c(c3)OCO4)C2=O)cc1OCC. The van der Waals surface area contributed by atoms with Gasteiger partial charge in [0.05, 0.1) is 12.3 Å². The summed E-state index contributed by atoms with van der Waals surface area (Å²) < 4.78 is 21.6. The first-order valence-electron chi connectivity index (χ1n) is 9.66. The van der Waals surface area contributed by atoms with Gasteiger partial charge in [-0.3, -0.25) is 14.9 Å². The maximum Gasteiger partial charge on any atom is 0.335 e. The van der Waals surface area contributed by atoms with E-state index in [1.165, 1.54) is 18.2 Å². The molecule has 2 aliphatic rings. The van der Waals surface area contributed by atoms with Gasteiger partial charge >= 0.3 is 6.03 Å². The predicted octanol–water partition coefficient (Wildman–Crippen LogP) is 2.49. The molecule has 0 aromatic heterocycles. The minimum Gasteiger partial charge on any atom is -0.490 e. The van der Waals surface area contributed by atoms with Crippen LogP contribution < -0.4 is 29.2 Å². The Morgan fingerprint density at radius 2 is 1.91 bits per heavy atom. The van der Waals surface area contributed by atoms with E-state index in [1.54, 1.807) is 24.3 Å². The van der Waals surface area contributed by atoms with Crippen LogP contribution >= 0.6 is 0 Å². The summed E-state index contributed by atoms with van der Waals surface area (Å²) in [4.78, 5) is 38.8. The zero-order valence-electron chi connectivity index (χ0n) is 17.0. The van der Waals surface area contributed by atoms with Gasteiger partial charge in [-0.1, -0.05) is 12.0 Å². The highest BCUT2D eigenvalue weighted by atomic mass is 16.7. The minimum atomic E-state index is -0.857. The van der Waals surface area contributed by atoms with Crippen molar-refractivity contribution >= 4 is 29.6 Å². The number of terminal acetylenes is 1. The van der Waals surface area contributed by atoms with Crippen LogP contribution in [0.1, 0.15) is 12.5 Å². The van der Waals surface area contributed by atoms with Crippen LogP contribution in [-0.4, -0.2) is 37.9 Å². The Balaban J connectivity index is 1.67. The van der Waals surface area contributed by atoms with Crippen LogP contribution in [0.25, 0.3) is 6.08 Å². The van der Waals surface area contributed by atoms with E-state index in [1.807, 2.05) is 6.92 Å². The number of fused-ring (bicyclic) bond motifs is 1. The molecule has 32 heavy (non-hydrogen) atoms. The molecule has 162 valence electrons. The van der Waals surface area contributed by atoms with Crippen molar-refractivity contribution in [3.63, 3.8) is 0 Å². The summed E-state index contributed by atoms with van der Waals surface area (Å²) in [6.07, 6.45) is 6.61. The smallest absolute Gasteiger partial charge is 0.335 e. The number of rotatable bonds is 6. The van der Waals surface area contributed by atoms with Crippen LogP contribution in [0.2, 0.25) is 0 Å². The molecule has 0 bridgehead atoms. The zero-order valence-corrected chi connectivity index (χ0v) is 17.0. The molecular weight excluding hydrogens is 416 g/mol. The lowest BCUT2D eigenvalue weighted by atomic mass is 10.1. The van der Waals surface area contributed by atoms with Crippen LogP contribution in [0, 0.1) is 12.3 Å². The van der Waals surface area contributed by atoms with E-state index in [0.29, 0.717) is 35.2 Å². The van der Waals surface area contributed by atoms with E-state index in [4.69, 9.17) is 25.4 Å². The molecule has 2 heterocycles. The molecule has 0 atom stereocenters. The van der Waals surface area contributed by atoms with Crippen molar-refractivity contribution in [2.24, 2.45) is 0 Å². The molecule has 2 aromatic carbocycles. The first kappa shape index (κ1) is 20.8. The average Bonchev–Trinajstić information content (AvgIpc) is 3.24. The van der Waals surface area contributed by atoms with Gasteiger partial charge in [0.1, 0.15) is 12.2 Å². The second-order valence-electron chi connectivity index (χ2n) is 6.63. The van der Waals surface area contributed by atoms with Crippen molar-refractivity contribution in [1.29, 1.82) is 0 Å². The summed E-state index contributed by atoms with van der Waals surface area (Å²) >= 11 is 0. The van der Waals surface area contributed by atoms with E-state index in [-0.39, 0.29) is 24.7 Å². The third-order valence-corrected chi connectivity index (χ3v) is 4.61. The highest BCUT2D eigenvalue weighted by molar-refractivity contribution is 6.39. The molecule has 0 aliphatic carbocycles. The fraction of sp³-hybridized carbons (Fsp3) is 0.174. The van der Waals surface area contributed by atoms with Crippen molar-refractivity contribution in [3.05, 3.63) is 47.5 Å². The van der Waals surface area contributed by atoms with Gasteiger partial charge in [-0.25, -0.2) is 9.69 Å². The van der Waals surface area contributed by atoms with Gasteiger partial charge in [0.2, 0.25) is 6.79 Å². The number of nitrogens with one attached hydrogen (secondary N) is 1. The van der Waals surface area contributed by atoms with E-state index in [9.17, 15) is 14.4 Å². The number of carbonyl (C=O) groups is 3. The molecule has 0 spiro atoms. The molecule has 1 fully saturated rings. The Labute approximate surface area is 183 Å². The number of ether oxygens (including phenoxy) is 4. The lowest BCUT2D eigenvalue weighted by molar-refractivity contribution is -0.122. The van der Waals surface area contributed by atoms with Crippen LogP contribution in [0.4, 0.5) is 10.5 Å². The first-order valence-corrected chi connectivity index (χ1v) is 9.66. The molecule has 1 N–H and O–H groups in total. The maximum absolute atomic E-state index is 13.1. The standard InChI is InChI=1S/C23H18N2O7/c1-3-9-30-17-7-5-14(11-19(17)29-4-2)10-16-21(26)24-23(28)25(22(16)27)15-6-8-18-20(12-15)32-13-31-18/h1,5-8,10-12H,4,9,13H2,2H3,(H,24,26,28)/b16-10+. The van der Waals surface area contributed by atoms with Crippen LogP contribution in [0.3, 0.4) is 0 Å². The molecule has 2 aliphatic heterocycles. The third-order valence-electron chi connectivity index (χ3n) is 4.61. The Morgan fingerprint density at radius 3 is 2.69 bits per heavy atom. The highest BCUT2D eigenvalue weighted by Gasteiger charge is 2.37. The number of anilines is 1. The Hall–Kier alpha value is -4.45. The number of benzene rings is 2. The van der Waals surface area contributed by atoms with Crippen LogP contribution in [0.15, 0.2) is 42.0 Å². The largest absolute Gasteiger partial charge is 0.490 e. The molecule has 4 amide bonds. The van der Waals surface area contributed by atoms with Gasteiger partial charge in [-0.05, 0) is 42.8 Å². The molecule has 0 unspecified atom stereocenters. The number of hydrogen-bond acceptors (Lipinski definition) is 7. The summed E-state index contributed by atoms with van der Waals surface area (Å²) in [5, 5.41) is 2.18. The predicted molar refractivity (Wildman–Crippen MR) is 114 cm³/mol. The zero-order chi connectivity index (χ0) is 22.7. The topological polar surface area (TPSA) is 103 Å². The van der Waals surface area contributed by atoms with E-state index in [0.717, 1.165) is 4.90 Å². The number of barbiturate groups is 1. The van der Waals surface area contributed by atoms with Crippen molar-refractivity contribution in [2.75, 3.05) is 24.9 Å². The van der Waals surface area contributed by atoms with Crippen LogP contribution in [-0.2, 0) is 9.59 Å².